The summed E-state index contributed by atoms with van der Waals surface area (Å²) in [6, 6.07) is 7.47. The molecule has 0 radical (unpaired) electrons. The van der Waals surface area contributed by atoms with Crippen molar-refractivity contribution in [2.75, 3.05) is 19.8 Å². The maximum Gasteiger partial charge on any atom is 0.305 e. The number of ether oxygens (including phenoxy) is 1. The van der Waals surface area contributed by atoms with E-state index in [1.54, 1.807) is 11.0 Å². The number of amides is 1. The van der Waals surface area contributed by atoms with Crippen molar-refractivity contribution in [2.45, 2.75) is 32.2 Å². The molecule has 0 spiro atoms. The molecule has 1 aromatic rings. The highest BCUT2D eigenvalue weighted by Crippen LogP contribution is 2.18. The lowest BCUT2D eigenvalue weighted by atomic mass is 10.0. The van der Waals surface area contributed by atoms with Gasteiger partial charge >= 0.3 is 5.97 Å². The molecule has 21 heavy (non-hydrogen) atoms. The topological polar surface area (TPSA) is 66.8 Å². The summed E-state index contributed by atoms with van der Waals surface area (Å²) in [7, 11) is 0. The Morgan fingerprint density at radius 3 is 2.67 bits per heavy atom. The number of rotatable bonds is 5. The first-order chi connectivity index (χ1) is 10.1. The van der Waals surface area contributed by atoms with Crippen LogP contribution >= 0.6 is 0 Å². The largest absolute Gasteiger partial charge is 0.481 e. The lowest BCUT2D eigenvalue weighted by Gasteiger charge is -2.34. The Hall–Kier alpha value is -1.88. The molecule has 0 aromatic heterocycles. The smallest absolute Gasteiger partial charge is 0.305 e. The Kier molecular flexibility index (Phi) is 5.33. The molecule has 0 saturated carbocycles. The number of carbonyl (C=O) groups excluding carboxylic acids is 1. The van der Waals surface area contributed by atoms with E-state index in [9.17, 15) is 9.59 Å². The SMILES string of the molecule is Cc1cccc(C(=O)N(CCC(=O)O)C2CCOCC2)c1. The fraction of sp³-hybridized carbons (Fsp3) is 0.500. The Labute approximate surface area is 124 Å². The zero-order valence-electron chi connectivity index (χ0n) is 12.2. The molecular weight excluding hydrogens is 270 g/mol. The van der Waals surface area contributed by atoms with Crippen LogP contribution in [0.15, 0.2) is 24.3 Å². The first kappa shape index (κ1) is 15.5. The van der Waals surface area contributed by atoms with Crippen LogP contribution in [0.2, 0.25) is 0 Å². The van der Waals surface area contributed by atoms with E-state index >= 15 is 0 Å². The summed E-state index contributed by atoms with van der Waals surface area (Å²) in [5.74, 6) is -0.976. The Balaban J connectivity index is 2.16. The molecule has 1 N–H and O–H groups in total. The molecule has 114 valence electrons. The predicted octanol–water partition coefficient (Wildman–Crippen LogP) is 2.09. The molecule has 1 amide bonds. The standard InChI is InChI=1S/C16H21NO4/c1-12-3-2-4-13(11-12)16(20)17(8-5-15(18)19)14-6-9-21-10-7-14/h2-4,11,14H,5-10H2,1H3,(H,18,19). The van der Waals surface area contributed by atoms with E-state index in [1.165, 1.54) is 0 Å². The molecule has 1 saturated heterocycles. The zero-order valence-corrected chi connectivity index (χ0v) is 12.2. The van der Waals surface area contributed by atoms with Crippen LogP contribution in [-0.4, -0.2) is 47.7 Å². The molecule has 0 unspecified atom stereocenters. The van der Waals surface area contributed by atoms with Gasteiger partial charge in [-0.1, -0.05) is 17.7 Å². The van der Waals surface area contributed by atoms with Crippen molar-refractivity contribution in [3.8, 4) is 0 Å². The number of benzene rings is 1. The number of hydrogen-bond acceptors (Lipinski definition) is 3. The minimum absolute atomic E-state index is 0.0328. The van der Waals surface area contributed by atoms with Gasteiger partial charge in [0.15, 0.2) is 0 Å². The van der Waals surface area contributed by atoms with Gasteiger partial charge in [0.2, 0.25) is 0 Å². The predicted molar refractivity (Wildman–Crippen MR) is 78.3 cm³/mol. The Bertz CT molecular complexity index is 509. The zero-order chi connectivity index (χ0) is 15.2. The summed E-state index contributed by atoms with van der Waals surface area (Å²) in [5, 5.41) is 8.89. The second-order valence-electron chi connectivity index (χ2n) is 5.36. The number of carboxylic acids is 1. The van der Waals surface area contributed by atoms with Gasteiger partial charge in [-0.2, -0.15) is 0 Å². The highest BCUT2D eigenvalue weighted by Gasteiger charge is 2.27. The third kappa shape index (κ3) is 4.29. The van der Waals surface area contributed by atoms with E-state index in [-0.39, 0.29) is 24.9 Å². The normalized spacial score (nSPS) is 15.7. The van der Waals surface area contributed by atoms with E-state index in [0.29, 0.717) is 18.8 Å². The third-order valence-corrected chi connectivity index (χ3v) is 3.72. The summed E-state index contributed by atoms with van der Waals surface area (Å²) in [6.45, 7) is 3.42. The van der Waals surface area contributed by atoms with Crippen LogP contribution in [0.4, 0.5) is 0 Å². The van der Waals surface area contributed by atoms with E-state index in [1.807, 2.05) is 25.1 Å². The molecule has 1 fully saturated rings. The molecule has 5 heteroatoms. The molecule has 1 aromatic carbocycles. The van der Waals surface area contributed by atoms with E-state index in [0.717, 1.165) is 18.4 Å². The number of carboxylic acid groups (broad SMARTS) is 1. The molecule has 1 heterocycles. The monoisotopic (exact) mass is 291 g/mol. The van der Waals surface area contributed by atoms with E-state index < -0.39 is 5.97 Å². The van der Waals surface area contributed by atoms with Gasteiger partial charge in [0, 0.05) is 31.4 Å². The van der Waals surface area contributed by atoms with Crippen molar-refractivity contribution in [1.82, 2.24) is 4.90 Å². The summed E-state index contributed by atoms with van der Waals surface area (Å²) in [6.07, 6.45) is 1.49. The van der Waals surface area contributed by atoms with E-state index in [2.05, 4.69) is 0 Å². The van der Waals surface area contributed by atoms with Crippen LogP contribution in [-0.2, 0) is 9.53 Å². The highest BCUT2D eigenvalue weighted by atomic mass is 16.5. The van der Waals surface area contributed by atoms with Crippen LogP contribution in [0.3, 0.4) is 0 Å². The van der Waals surface area contributed by atoms with Crippen LogP contribution in [0.1, 0.15) is 35.2 Å². The average Bonchev–Trinajstić information content (AvgIpc) is 2.48. The van der Waals surface area contributed by atoms with Gasteiger partial charge in [-0.15, -0.1) is 0 Å². The van der Waals surface area contributed by atoms with Crippen molar-refractivity contribution >= 4 is 11.9 Å². The van der Waals surface area contributed by atoms with Gasteiger partial charge in [-0.05, 0) is 31.9 Å². The molecule has 0 atom stereocenters. The van der Waals surface area contributed by atoms with Crippen molar-refractivity contribution in [2.24, 2.45) is 0 Å². The minimum Gasteiger partial charge on any atom is -0.481 e. The molecule has 1 aliphatic rings. The van der Waals surface area contributed by atoms with Crippen molar-refractivity contribution in [3.63, 3.8) is 0 Å². The van der Waals surface area contributed by atoms with Crippen LogP contribution < -0.4 is 0 Å². The fourth-order valence-corrected chi connectivity index (χ4v) is 2.61. The molecule has 0 aliphatic carbocycles. The quantitative estimate of drug-likeness (QED) is 0.902. The highest BCUT2D eigenvalue weighted by molar-refractivity contribution is 5.94. The van der Waals surface area contributed by atoms with Crippen LogP contribution in [0.25, 0.3) is 0 Å². The summed E-state index contributed by atoms with van der Waals surface area (Å²) >= 11 is 0. The van der Waals surface area contributed by atoms with Gasteiger partial charge in [0.25, 0.3) is 5.91 Å². The Morgan fingerprint density at radius 2 is 2.05 bits per heavy atom. The molecule has 1 aliphatic heterocycles. The van der Waals surface area contributed by atoms with Gasteiger partial charge in [-0.25, -0.2) is 0 Å². The fourth-order valence-electron chi connectivity index (χ4n) is 2.61. The second-order valence-corrected chi connectivity index (χ2v) is 5.36. The van der Waals surface area contributed by atoms with Crippen molar-refractivity contribution in [1.29, 1.82) is 0 Å². The first-order valence-electron chi connectivity index (χ1n) is 7.25. The second kappa shape index (κ2) is 7.22. The number of aliphatic carboxylic acids is 1. The number of hydrogen-bond donors (Lipinski definition) is 1. The Morgan fingerprint density at radius 1 is 1.33 bits per heavy atom. The van der Waals surface area contributed by atoms with Gasteiger partial charge in [-0.3, -0.25) is 9.59 Å². The summed E-state index contributed by atoms with van der Waals surface area (Å²) < 4.78 is 5.33. The van der Waals surface area contributed by atoms with E-state index in [4.69, 9.17) is 9.84 Å². The van der Waals surface area contributed by atoms with Gasteiger partial charge in [0.05, 0.1) is 6.42 Å². The molecule has 2 rings (SSSR count). The average molecular weight is 291 g/mol. The first-order valence-corrected chi connectivity index (χ1v) is 7.25. The van der Waals surface area contributed by atoms with Crippen molar-refractivity contribution in [3.05, 3.63) is 35.4 Å². The molecular formula is C16H21NO4. The number of aryl methyl sites for hydroxylation is 1. The maximum atomic E-state index is 12.7. The van der Waals surface area contributed by atoms with Gasteiger partial charge in [0.1, 0.15) is 0 Å². The van der Waals surface area contributed by atoms with Crippen LogP contribution in [0.5, 0.6) is 0 Å². The van der Waals surface area contributed by atoms with Gasteiger partial charge < -0.3 is 14.7 Å². The van der Waals surface area contributed by atoms with Crippen molar-refractivity contribution < 1.29 is 19.4 Å². The summed E-state index contributed by atoms with van der Waals surface area (Å²) in [5.41, 5.74) is 1.64. The molecule has 5 nitrogen and oxygen atoms in total. The maximum absolute atomic E-state index is 12.7. The minimum atomic E-state index is -0.885. The lowest BCUT2D eigenvalue weighted by molar-refractivity contribution is -0.137. The summed E-state index contributed by atoms with van der Waals surface area (Å²) in [4.78, 5) is 25.2. The number of nitrogens with zero attached hydrogens (tertiary/aromatic N) is 1. The van der Waals surface area contributed by atoms with Crippen LogP contribution in [0, 0.1) is 6.92 Å². The number of carbonyl (C=O) groups is 2. The molecule has 0 bridgehead atoms. The lowest BCUT2D eigenvalue weighted by Crippen LogP contribution is -2.44. The third-order valence-electron chi connectivity index (χ3n) is 3.72.